The number of thioether (sulfide) groups is 1. The summed E-state index contributed by atoms with van der Waals surface area (Å²) in [6.07, 6.45) is 1.49. The molecule has 0 aliphatic carbocycles. The number of hydrogen-bond donors (Lipinski definition) is 0. The van der Waals surface area contributed by atoms with Gasteiger partial charge in [-0.05, 0) is 43.4 Å². The first-order valence-electron chi connectivity index (χ1n) is 11.5. The van der Waals surface area contributed by atoms with Crippen molar-refractivity contribution < 1.29 is 17.9 Å². The van der Waals surface area contributed by atoms with E-state index < -0.39 is 9.84 Å². The highest BCUT2D eigenvalue weighted by atomic mass is 32.2. The number of carbonyl (C=O) groups excluding carboxylic acids is 1. The fourth-order valence-corrected chi connectivity index (χ4v) is 6.50. The van der Waals surface area contributed by atoms with E-state index in [1.54, 1.807) is 4.90 Å². The van der Waals surface area contributed by atoms with Crippen LogP contribution in [-0.2, 0) is 34.2 Å². The Labute approximate surface area is 201 Å². The molecular weight excluding hydrogens is 460 g/mol. The van der Waals surface area contributed by atoms with Crippen molar-refractivity contribution in [3.8, 4) is 5.75 Å². The maximum absolute atomic E-state index is 12.9. The summed E-state index contributed by atoms with van der Waals surface area (Å²) in [4.78, 5) is 14.6. The zero-order chi connectivity index (χ0) is 24.0. The summed E-state index contributed by atoms with van der Waals surface area (Å²) in [5, 5.41) is 9.31. The van der Waals surface area contributed by atoms with Gasteiger partial charge in [0.25, 0.3) is 0 Å². The van der Waals surface area contributed by atoms with Crippen LogP contribution in [0.5, 0.6) is 5.75 Å². The van der Waals surface area contributed by atoms with Crippen LogP contribution < -0.4 is 4.74 Å². The van der Waals surface area contributed by atoms with E-state index in [2.05, 4.69) is 43.1 Å². The summed E-state index contributed by atoms with van der Waals surface area (Å²) in [7, 11) is -3.04. The molecule has 8 nitrogen and oxygen atoms in total. The van der Waals surface area contributed by atoms with Crippen molar-refractivity contribution in [1.82, 2.24) is 19.7 Å². The lowest BCUT2D eigenvalue weighted by molar-refractivity contribution is -0.129. The number of benzene rings is 1. The molecule has 1 aliphatic heterocycles. The van der Waals surface area contributed by atoms with Gasteiger partial charge in [-0.3, -0.25) is 4.79 Å². The van der Waals surface area contributed by atoms with E-state index in [0.717, 1.165) is 18.7 Å². The van der Waals surface area contributed by atoms with Crippen LogP contribution in [0.1, 0.15) is 45.5 Å². The Bertz CT molecular complexity index is 1040. The smallest absolute Gasteiger partial charge is 0.233 e. The molecule has 1 saturated heterocycles. The van der Waals surface area contributed by atoms with Crippen LogP contribution in [0.2, 0.25) is 0 Å². The lowest BCUT2D eigenvalue weighted by Crippen LogP contribution is -2.42. The fraction of sp³-hybridized carbons (Fsp3) is 0.609. The van der Waals surface area contributed by atoms with Gasteiger partial charge in [0, 0.05) is 19.1 Å². The quantitative estimate of drug-likeness (QED) is 0.443. The first-order valence-corrected chi connectivity index (χ1v) is 14.3. The molecule has 0 radical (unpaired) electrons. The number of carbonyl (C=O) groups is 1. The number of hydrogen-bond acceptors (Lipinski definition) is 7. The highest BCUT2D eigenvalue weighted by molar-refractivity contribution is 7.99. The lowest BCUT2D eigenvalue weighted by atomic mass is 10.2. The van der Waals surface area contributed by atoms with E-state index in [4.69, 9.17) is 4.74 Å². The number of ether oxygens (including phenoxy) is 1. The third kappa shape index (κ3) is 6.96. The average Bonchev–Trinajstić information content (AvgIpc) is 3.33. The highest BCUT2D eigenvalue weighted by Crippen LogP contribution is 2.23. The monoisotopic (exact) mass is 494 g/mol. The summed E-state index contributed by atoms with van der Waals surface area (Å²) in [5.74, 6) is 2.20. The number of aromatic nitrogens is 3. The molecule has 2 heterocycles. The Morgan fingerprint density at radius 3 is 2.55 bits per heavy atom. The topological polar surface area (TPSA) is 94.4 Å². The molecule has 33 heavy (non-hydrogen) atoms. The molecule has 1 atom stereocenters. The van der Waals surface area contributed by atoms with Crippen LogP contribution in [0, 0.1) is 5.92 Å². The van der Waals surface area contributed by atoms with Gasteiger partial charge >= 0.3 is 0 Å². The number of sulfone groups is 1. The van der Waals surface area contributed by atoms with E-state index >= 15 is 0 Å². The number of amides is 1. The summed E-state index contributed by atoms with van der Waals surface area (Å²) in [5.41, 5.74) is 1.25. The van der Waals surface area contributed by atoms with Gasteiger partial charge in [0.1, 0.15) is 12.4 Å². The molecule has 0 spiro atoms. The Morgan fingerprint density at radius 1 is 1.24 bits per heavy atom. The molecule has 0 N–H and O–H groups in total. The summed E-state index contributed by atoms with van der Waals surface area (Å²) in [6, 6.07) is 7.79. The largest absolute Gasteiger partial charge is 0.486 e. The van der Waals surface area contributed by atoms with Crippen molar-refractivity contribution in [2.45, 2.75) is 64.9 Å². The predicted octanol–water partition coefficient (Wildman–Crippen LogP) is 3.20. The van der Waals surface area contributed by atoms with Gasteiger partial charge in [-0.1, -0.05) is 44.7 Å². The van der Waals surface area contributed by atoms with Crippen molar-refractivity contribution >= 4 is 27.5 Å². The Morgan fingerprint density at radius 2 is 1.97 bits per heavy atom. The minimum absolute atomic E-state index is 0.0570. The molecule has 1 aromatic heterocycles. The number of nitrogens with zero attached hydrogens (tertiary/aromatic N) is 4. The second-order valence-electron chi connectivity index (χ2n) is 8.71. The van der Waals surface area contributed by atoms with Crippen LogP contribution >= 0.6 is 11.8 Å². The third-order valence-electron chi connectivity index (χ3n) is 5.68. The number of aryl methyl sites for hydroxylation is 1. The van der Waals surface area contributed by atoms with Crippen molar-refractivity contribution in [3.05, 3.63) is 35.7 Å². The van der Waals surface area contributed by atoms with E-state index in [-0.39, 0.29) is 29.2 Å². The molecule has 0 bridgehead atoms. The lowest BCUT2D eigenvalue weighted by Gasteiger charge is -2.26. The molecule has 1 aromatic carbocycles. The van der Waals surface area contributed by atoms with E-state index in [0.29, 0.717) is 36.5 Å². The van der Waals surface area contributed by atoms with E-state index in [1.807, 2.05) is 23.6 Å². The molecule has 2 aromatic rings. The average molecular weight is 495 g/mol. The van der Waals surface area contributed by atoms with E-state index in [9.17, 15) is 13.2 Å². The zero-order valence-corrected chi connectivity index (χ0v) is 21.5. The zero-order valence-electron chi connectivity index (χ0n) is 19.9. The molecule has 1 amide bonds. The van der Waals surface area contributed by atoms with E-state index in [1.165, 1.54) is 17.3 Å². The highest BCUT2D eigenvalue weighted by Gasteiger charge is 2.34. The van der Waals surface area contributed by atoms with Crippen LogP contribution in [0.4, 0.5) is 0 Å². The maximum atomic E-state index is 12.9. The van der Waals surface area contributed by atoms with Crippen molar-refractivity contribution in [1.29, 1.82) is 0 Å². The van der Waals surface area contributed by atoms with Gasteiger partial charge in [0.15, 0.2) is 20.8 Å². The maximum Gasteiger partial charge on any atom is 0.233 e. The molecule has 0 saturated carbocycles. The third-order valence-corrected chi connectivity index (χ3v) is 8.38. The molecule has 1 unspecified atom stereocenters. The molecule has 10 heteroatoms. The molecule has 1 fully saturated rings. The van der Waals surface area contributed by atoms with Gasteiger partial charge in [-0.15, -0.1) is 10.2 Å². The van der Waals surface area contributed by atoms with Gasteiger partial charge in [0.2, 0.25) is 5.91 Å². The molecule has 3 rings (SSSR count). The SMILES string of the molecule is CCc1ccc(OCc2nnc(SCC(=O)N(CC)C3CCS(=O)(=O)C3)n2CC(C)C)cc1. The standard InChI is InChI=1S/C23H34N4O4S2/c1-5-18-7-9-20(10-8-18)31-14-21-24-25-23(27(21)13-17(3)4)32-15-22(28)26(6-2)19-11-12-33(29,30)16-19/h7-10,17,19H,5-6,11-16H2,1-4H3. The number of rotatable bonds is 11. The first-order chi connectivity index (χ1) is 15.7. The predicted molar refractivity (Wildman–Crippen MR) is 130 cm³/mol. The molecule has 182 valence electrons. The van der Waals surface area contributed by atoms with Gasteiger partial charge in [-0.25, -0.2) is 8.42 Å². The summed E-state index contributed by atoms with van der Waals surface area (Å²) < 4.78 is 31.6. The second-order valence-corrected chi connectivity index (χ2v) is 11.9. The van der Waals surface area contributed by atoms with Crippen LogP contribution in [0.15, 0.2) is 29.4 Å². The summed E-state index contributed by atoms with van der Waals surface area (Å²) in [6.45, 7) is 9.74. The fourth-order valence-electron chi connectivity index (χ4n) is 3.92. The summed E-state index contributed by atoms with van der Waals surface area (Å²) >= 11 is 1.34. The first kappa shape index (κ1) is 25.6. The Balaban J connectivity index is 1.65. The van der Waals surface area contributed by atoms with Gasteiger partial charge in [0.05, 0.1) is 17.3 Å². The Hall–Kier alpha value is -2.07. The normalized spacial score (nSPS) is 17.4. The van der Waals surface area contributed by atoms with Crippen molar-refractivity contribution in [2.75, 3.05) is 23.8 Å². The minimum atomic E-state index is -3.04. The molecular formula is C23H34N4O4S2. The van der Waals surface area contributed by atoms with Crippen LogP contribution in [0.25, 0.3) is 0 Å². The van der Waals surface area contributed by atoms with Crippen molar-refractivity contribution in [3.63, 3.8) is 0 Å². The molecule has 1 aliphatic rings. The van der Waals surface area contributed by atoms with Gasteiger partial charge < -0.3 is 14.2 Å². The second kappa shape index (κ2) is 11.4. The van der Waals surface area contributed by atoms with Crippen molar-refractivity contribution in [2.24, 2.45) is 5.92 Å². The minimum Gasteiger partial charge on any atom is -0.486 e. The van der Waals surface area contributed by atoms with Crippen LogP contribution in [-0.4, -0.2) is 63.8 Å². The Kier molecular flexibility index (Phi) is 8.81. The van der Waals surface area contributed by atoms with Gasteiger partial charge in [-0.2, -0.15) is 0 Å². The van der Waals surface area contributed by atoms with Crippen LogP contribution in [0.3, 0.4) is 0 Å².